The lowest BCUT2D eigenvalue weighted by molar-refractivity contribution is -0.154. The van der Waals surface area contributed by atoms with Crippen LogP contribution in [0.1, 0.15) is 24.5 Å². The average molecular weight is 359 g/mol. The number of fused-ring (bicyclic) bond motifs is 1. The standard InChI is InChI=1S/C18H21N3O5/c1-11(26-16(23)10-21-15(22)9-20(2)18(21)25)17(24)19-14-7-6-12-4-3-5-13(12)8-14/h6-8,11H,3-5,9-10H2,1-2H3,(H,19,24)/t11-/m1/s1. The van der Waals surface area contributed by atoms with Crippen molar-refractivity contribution in [2.45, 2.75) is 32.3 Å². The zero-order valence-corrected chi connectivity index (χ0v) is 14.8. The monoisotopic (exact) mass is 359 g/mol. The van der Waals surface area contributed by atoms with E-state index in [1.165, 1.54) is 30.0 Å². The largest absolute Gasteiger partial charge is 0.451 e. The molecule has 0 saturated carbocycles. The number of likely N-dealkylation sites (N-methyl/N-ethyl adjacent to an activating group) is 1. The Hall–Kier alpha value is -2.90. The molecule has 0 radical (unpaired) electrons. The maximum Gasteiger partial charge on any atom is 0.327 e. The van der Waals surface area contributed by atoms with Gasteiger partial charge in [-0.05, 0) is 49.4 Å². The van der Waals surface area contributed by atoms with E-state index in [2.05, 4.69) is 5.32 Å². The molecule has 8 heteroatoms. The summed E-state index contributed by atoms with van der Waals surface area (Å²) in [6.45, 7) is 0.874. The molecule has 1 atom stereocenters. The van der Waals surface area contributed by atoms with Crippen molar-refractivity contribution >= 4 is 29.5 Å². The van der Waals surface area contributed by atoms with Gasteiger partial charge >= 0.3 is 12.0 Å². The van der Waals surface area contributed by atoms with Crippen LogP contribution in [0.2, 0.25) is 0 Å². The second-order valence-electron chi connectivity index (χ2n) is 6.58. The Morgan fingerprint density at radius 1 is 1.23 bits per heavy atom. The summed E-state index contributed by atoms with van der Waals surface area (Å²) < 4.78 is 5.06. The molecule has 0 aromatic heterocycles. The van der Waals surface area contributed by atoms with Gasteiger partial charge in [-0.3, -0.25) is 19.3 Å². The van der Waals surface area contributed by atoms with Crippen LogP contribution in [0.4, 0.5) is 10.5 Å². The number of carbonyl (C=O) groups excluding carboxylic acids is 4. The number of urea groups is 1. The highest BCUT2D eigenvalue weighted by Gasteiger charge is 2.35. The Morgan fingerprint density at radius 2 is 1.96 bits per heavy atom. The van der Waals surface area contributed by atoms with Gasteiger partial charge in [0.05, 0.1) is 0 Å². The van der Waals surface area contributed by atoms with E-state index in [0.717, 1.165) is 24.2 Å². The Balaban J connectivity index is 1.53. The molecular weight excluding hydrogens is 338 g/mol. The van der Waals surface area contributed by atoms with Crippen LogP contribution in [-0.2, 0) is 32.0 Å². The third-order valence-electron chi connectivity index (χ3n) is 4.56. The third-order valence-corrected chi connectivity index (χ3v) is 4.56. The fourth-order valence-electron chi connectivity index (χ4n) is 3.13. The highest BCUT2D eigenvalue weighted by Crippen LogP contribution is 2.25. The number of hydrogen-bond acceptors (Lipinski definition) is 5. The van der Waals surface area contributed by atoms with Crippen LogP contribution in [0.3, 0.4) is 0 Å². The number of amides is 4. The van der Waals surface area contributed by atoms with Gasteiger partial charge in [-0.15, -0.1) is 0 Å². The van der Waals surface area contributed by atoms with Crippen LogP contribution in [0.15, 0.2) is 18.2 Å². The molecule has 3 rings (SSSR count). The van der Waals surface area contributed by atoms with Gasteiger partial charge in [0, 0.05) is 12.7 Å². The van der Waals surface area contributed by atoms with E-state index >= 15 is 0 Å². The van der Waals surface area contributed by atoms with Crippen molar-refractivity contribution in [3.63, 3.8) is 0 Å². The van der Waals surface area contributed by atoms with Crippen LogP contribution >= 0.6 is 0 Å². The zero-order valence-electron chi connectivity index (χ0n) is 14.8. The molecule has 138 valence electrons. The van der Waals surface area contributed by atoms with E-state index in [1.54, 1.807) is 0 Å². The van der Waals surface area contributed by atoms with Gasteiger partial charge in [-0.2, -0.15) is 0 Å². The summed E-state index contributed by atoms with van der Waals surface area (Å²) in [6.07, 6.45) is 2.13. The Bertz CT molecular complexity index is 776. The molecular formula is C18H21N3O5. The fourth-order valence-corrected chi connectivity index (χ4v) is 3.13. The van der Waals surface area contributed by atoms with Gasteiger partial charge < -0.3 is 15.0 Å². The lowest BCUT2D eigenvalue weighted by atomic mass is 10.1. The highest BCUT2D eigenvalue weighted by atomic mass is 16.5. The lowest BCUT2D eigenvalue weighted by Gasteiger charge is -2.17. The van der Waals surface area contributed by atoms with Crippen molar-refractivity contribution in [3.05, 3.63) is 29.3 Å². The quantitative estimate of drug-likeness (QED) is 0.623. The molecule has 8 nitrogen and oxygen atoms in total. The molecule has 1 aliphatic carbocycles. The smallest absolute Gasteiger partial charge is 0.327 e. The predicted molar refractivity (Wildman–Crippen MR) is 92.4 cm³/mol. The number of carbonyl (C=O) groups is 4. The molecule has 0 bridgehead atoms. The molecule has 0 spiro atoms. The van der Waals surface area contributed by atoms with Gasteiger partial charge in [0.2, 0.25) is 0 Å². The van der Waals surface area contributed by atoms with Crippen molar-refractivity contribution in [2.75, 3.05) is 25.5 Å². The van der Waals surface area contributed by atoms with E-state index in [1.807, 2.05) is 18.2 Å². The van der Waals surface area contributed by atoms with E-state index in [-0.39, 0.29) is 6.54 Å². The minimum absolute atomic E-state index is 0.0690. The van der Waals surface area contributed by atoms with Gasteiger partial charge in [0.15, 0.2) is 6.10 Å². The van der Waals surface area contributed by atoms with Crippen molar-refractivity contribution in [1.82, 2.24) is 9.80 Å². The molecule has 1 heterocycles. The predicted octanol–water partition coefficient (Wildman–Crippen LogP) is 0.939. The summed E-state index contributed by atoms with van der Waals surface area (Å²) in [5.74, 6) is -1.74. The second-order valence-corrected chi connectivity index (χ2v) is 6.58. The number of imide groups is 1. The summed E-state index contributed by atoms with van der Waals surface area (Å²) in [7, 11) is 1.47. The summed E-state index contributed by atoms with van der Waals surface area (Å²) >= 11 is 0. The van der Waals surface area contributed by atoms with Crippen LogP contribution in [0, 0.1) is 0 Å². The first-order chi connectivity index (χ1) is 12.3. The molecule has 2 aliphatic rings. The van der Waals surface area contributed by atoms with Crippen molar-refractivity contribution in [2.24, 2.45) is 0 Å². The summed E-state index contributed by atoms with van der Waals surface area (Å²) in [6, 6.07) is 5.21. The number of aryl methyl sites for hydroxylation is 2. The Kier molecular flexibility index (Phi) is 4.92. The van der Waals surface area contributed by atoms with Crippen LogP contribution in [-0.4, -0.2) is 59.9 Å². The van der Waals surface area contributed by atoms with Crippen LogP contribution in [0.25, 0.3) is 0 Å². The fraction of sp³-hybridized carbons (Fsp3) is 0.444. The Morgan fingerprint density at radius 3 is 2.65 bits per heavy atom. The number of ether oxygens (including phenoxy) is 1. The summed E-state index contributed by atoms with van der Waals surface area (Å²) in [5.41, 5.74) is 3.18. The first-order valence-electron chi connectivity index (χ1n) is 8.53. The van der Waals surface area contributed by atoms with Gasteiger partial charge in [0.1, 0.15) is 13.1 Å². The van der Waals surface area contributed by atoms with Crippen molar-refractivity contribution in [1.29, 1.82) is 0 Å². The van der Waals surface area contributed by atoms with Gasteiger partial charge in [-0.25, -0.2) is 4.79 Å². The van der Waals surface area contributed by atoms with E-state index in [0.29, 0.717) is 5.69 Å². The van der Waals surface area contributed by atoms with Crippen LogP contribution < -0.4 is 5.32 Å². The number of nitrogens with zero attached hydrogens (tertiary/aromatic N) is 2. The summed E-state index contributed by atoms with van der Waals surface area (Å²) in [5, 5.41) is 2.72. The van der Waals surface area contributed by atoms with Gasteiger partial charge in [0.25, 0.3) is 11.8 Å². The molecule has 1 saturated heterocycles. The summed E-state index contributed by atoms with van der Waals surface area (Å²) in [4.78, 5) is 49.6. The SMILES string of the molecule is C[C@@H](OC(=O)CN1C(=O)CN(C)C1=O)C(=O)Nc1ccc2c(c1)CCC2. The molecule has 1 fully saturated rings. The number of nitrogens with one attached hydrogen (secondary N) is 1. The minimum Gasteiger partial charge on any atom is -0.451 e. The molecule has 1 N–H and O–H groups in total. The Labute approximate surface area is 151 Å². The van der Waals surface area contributed by atoms with Gasteiger partial charge in [-0.1, -0.05) is 6.07 Å². The van der Waals surface area contributed by atoms with Crippen molar-refractivity contribution < 1.29 is 23.9 Å². The number of benzene rings is 1. The highest BCUT2D eigenvalue weighted by molar-refractivity contribution is 6.04. The number of esters is 1. The zero-order chi connectivity index (χ0) is 18.8. The van der Waals surface area contributed by atoms with E-state index in [4.69, 9.17) is 4.74 Å². The molecule has 4 amide bonds. The average Bonchev–Trinajstić information content (AvgIpc) is 3.14. The lowest BCUT2D eigenvalue weighted by Crippen LogP contribution is -2.39. The third kappa shape index (κ3) is 3.68. The number of anilines is 1. The molecule has 1 aliphatic heterocycles. The maximum atomic E-state index is 12.2. The first-order valence-corrected chi connectivity index (χ1v) is 8.53. The second kappa shape index (κ2) is 7.15. The molecule has 26 heavy (non-hydrogen) atoms. The van der Waals surface area contributed by atoms with Crippen molar-refractivity contribution in [3.8, 4) is 0 Å². The minimum atomic E-state index is -1.04. The molecule has 1 aromatic carbocycles. The first kappa shape index (κ1) is 17.9. The van der Waals surface area contributed by atoms with E-state index in [9.17, 15) is 19.2 Å². The number of rotatable bonds is 5. The number of hydrogen-bond donors (Lipinski definition) is 1. The normalized spacial score (nSPS) is 17.3. The maximum absolute atomic E-state index is 12.2. The topological polar surface area (TPSA) is 96.0 Å². The van der Waals surface area contributed by atoms with Crippen LogP contribution in [0.5, 0.6) is 0 Å². The molecule has 0 unspecified atom stereocenters. The molecule has 1 aromatic rings. The van der Waals surface area contributed by atoms with E-state index < -0.39 is 36.5 Å².